The van der Waals surface area contributed by atoms with Crippen molar-refractivity contribution in [3.05, 3.63) is 56.8 Å². The maximum absolute atomic E-state index is 13.0. The van der Waals surface area contributed by atoms with Crippen molar-refractivity contribution in [2.75, 3.05) is 0 Å². The zero-order valence-corrected chi connectivity index (χ0v) is 17.8. The molecular formula is C20H23ClN6OS. The van der Waals surface area contributed by atoms with Gasteiger partial charge in [0.05, 0.1) is 12.2 Å². The first-order chi connectivity index (χ1) is 14.1. The van der Waals surface area contributed by atoms with Gasteiger partial charge in [-0.1, -0.05) is 18.0 Å². The molecule has 1 aliphatic carbocycles. The third kappa shape index (κ3) is 4.00. The summed E-state index contributed by atoms with van der Waals surface area (Å²) in [5, 5.41) is 15.3. The minimum Gasteiger partial charge on any atom is -0.343 e. The van der Waals surface area contributed by atoms with Crippen LogP contribution in [-0.4, -0.2) is 30.5 Å². The van der Waals surface area contributed by atoms with Crippen LogP contribution in [0.3, 0.4) is 0 Å². The summed E-state index contributed by atoms with van der Waals surface area (Å²) < 4.78 is 4.31. The van der Waals surface area contributed by atoms with E-state index in [4.69, 9.17) is 28.9 Å². The van der Waals surface area contributed by atoms with Gasteiger partial charge in [-0.15, -0.1) is 0 Å². The Kier molecular flexibility index (Phi) is 5.82. The fourth-order valence-electron chi connectivity index (χ4n) is 3.81. The van der Waals surface area contributed by atoms with Crippen molar-refractivity contribution in [2.24, 2.45) is 0 Å². The Morgan fingerprint density at radius 2 is 2.00 bits per heavy atom. The number of benzene rings is 1. The van der Waals surface area contributed by atoms with Crippen LogP contribution in [0.4, 0.5) is 0 Å². The predicted molar refractivity (Wildman–Crippen MR) is 114 cm³/mol. The number of aromatic nitrogens is 5. The lowest BCUT2D eigenvalue weighted by atomic mass is 10.1. The molecule has 0 saturated heterocycles. The summed E-state index contributed by atoms with van der Waals surface area (Å²) in [6, 6.07) is 7.55. The number of amides is 1. The molecule has 0 atom stereocenters. The van der Waals surface area contributed by atoms with Gasteiger partial charge in [-0.2, -0.15) is 10.2 Å². The Morgan fingerprint density at radius 3 is 2.76 bits per heavy atom. The molecule has 1 aromatic carbocycles. The lowest BCUT2D eigenvalue weighted by Crippen LogP contribution is -2.26. The molecule has 2 aromatic heterocycles. The number of hydrogen-bond acceptors (Lipinski definition) is 4. The van der Waals surface area contributed by atoms with Crippen LogP contribution in [0.5, 0.6) is 0 Å². The molecule has 0 aliphatic heterocycles. The van der Waals surface area contributed by atoms with E-state index in [0.717, 1.165) is 49.0 Å². The van der Waals surface area contributed by atoms with Gasteiger partial charge >= 0.3 is 0 Å². The van der Waals surface area contributed by atoms with E-state index in [2.05, 4.69) is 15.5 Å². The standard InChI is InChI=1S/C20H23ClN6OS/c1-2-26-17(23-24-20(26)29)12-22-19(28)18-15-6-4-3-5-7-16(15)27(25-18)14-10-8-13(21)9-11-14/h8-11H,2-7,12H2,1H3,(H,22,28)(H,24,29). The van der Waals surface area contributed by atoms with E-state index in [1.807, 2.05) is 40.4 Å². The zero-order valence-electron chi connectivity index (χ0n) is 16.2. The van der Waals surface area contributed by atoms with E-state index >= 15 is 0 Å². The average molecular weight is 431 g/mol. The zero-order chi connectivity index (χ0) is 20.4. The largest absolute Gasteiger partial charge is 0.343 e. The second kappa shape index (κ2) is 8.51. The SMILES string of the molecule is CCn1c(CNC(=O)c2nn(-c3ccc(Cl)cc3)c3c2CCCCC3)n[nH]c1=S. The summed E-state index contributed by atoms with van der Waals surface area (Å²) in [6.45, 7) is 2.98. The highest BCUT2D eigenvalue weighted by molar-refractivity contribution is 7.71. The number of carbonyl (C=O) groups excluding carboxylic acids is 1. The number of nitrogens with zero attached hydrogens (tertiary/aromatic N) is 4. The van der Waals surface area contributed by atoms with Gasteiger partial charge in [-0.05, 0) is 69.1 Å². The first kappa shape index (κ1) is 19.8. The molecule has 7 nitrogen and oxygen atoms in total. The minimum atomic E-state index is -0.188. The molecule has 29 heavy (non-hydrogen) atoms. The van der Waals surface area contributed by atoms with Gasteiger partial charge in [0.15, 0.2) is 16.3 Å². The van der Waals surface area contributed by atoms with Crippen LogP contribution in [0.15, 0.2) is 24.3 Å². The monoisotopic (exact) mass is 430 g/mol. The summed E-state index contributed by atoms with van der Waals surface area (Å²) in [7, 11) is 0. The van der Waals surface area contributed by atoms with E-state index < -0.39 is 0 Å². The lowest BCUT2D eigenvalue weighted by molar-refractivity contribution is 0.0943. The predicted octanol–water partition coefficient (Wildman–Crippen LogP) is 4.00. The highest BCUT2D eigenvalue weighted by atomic mass is 35.5. The molecule has 9 heteroatoms. The number of rotatable bonds is 5. The maximum Gasteiger partial charge on any atom is 0.272 e. The van der Waals surface area contributed by atoms with Crippen molar-refractivity contribution in [1.82, 2.24) is 29.9 Å². The van der Waals surface area contributed by atoms with Crippen molar-refractivity contribution in [1.29, 1.82) is 0 Å². The van der Waals surface area contributed by atoms with Crippen LogP contribution < -0.4 is 5.32 Å². The molecule has 3 aromatic rings. The third-order valence-electron chi connectivity index (χ3n) is 5.28. The van der Waals surface area contributed by atoms with Crippen LogP contribution in [0, 0.1) is 4.77 Å². The number of H-pyrrole nitrogens is 1. The van der Waals surface area contributed by atoms with Gasteiger partial charge in [0.1, 0.15) is 0 Å². The van der Waals surface area contributed by atoms with Gasteiger partial charge in [-0.25, -0.2) is 4.68 Å². The number of carbonyl (C=O) groups is 1. The van der Waals surface area contributed by atoms with Crippen LogP contribution in [0.1, 0.15) is 53.8 Å². The molecule has 4 rings (SSSR count). The summed E-state index contributed by atoms with van der Waals surface area (Å²) in [4.78, 5) is 13.0. The first-order valence-corrected chi connectivity index (χ1v) is 10.7. The molecule has 1 amide bonds. The maximum atomic E-state index is 13.0. The average Bonchev–Trinajstić information content (AvgIpc) is 3.17. The number of nitrogens with one attached hydrogen (secondary N) is 2. The lowest BCUT2D eigenvalue weighted by Gasteiger charge is -2.07. The van der Waals surface area contributed by atoms with E-state index in [1.54, 1.807) is 0 Å². The van der Waals surface area contributed by atoms with Crippen molar-refractivity contribution >= 4 is 29.7 Å². The smallest absolute Gasteiger partial charge is 0.272 e. The molecule has 2 N–H and O–H groups in total. The number of halogens is 1. The van der Waals surface area contributed by atoms with E-state index in [1.165, 1.54) is 0 Å². The van der Waals surface area contributed by atoms with Crippen LogP contribution >= 0.6 is 23.8 Å². The van der Waals surface area contributed by atoms with Crippen molar-refractivity contribution < 1.29 is 4.79 Å². The molecule has 0 fully saturated rings. The second-order valence-corrected chi connectivity index (χ2v) is 7.92. The van der Waals surface area contributed by atoms with Crippen LogP contribution in [0.2, 0.25) is 5.02 Å². The van der Waals surface area contributed by atoms with Crippen LogP contribution in [-0.2, 0) is 25.9 Å². The van der Waals surface area contributed by atoms with Gasteiger partial charge < -0.3 is 9.88 Å². The van der Waals surface area contributed by atoms with Crippen molar-refractivity contribution in [3.63, 3.8) is 0 Å². The Balaban J connectivity index is 1.64. The van der Waals surface area contributed by atoms with Crippen LogP contribution in [0.25, 0.3) is 5.69 Å². The highest BCUT2D eigenvalue weighted by Gasteiger charge is 2.25. The van der Waals surface area contributed by atoms with Gasteiger partial charge in [0.2, 0.25) is 0 Å². The normalized spacial score (nSPS) is 13.7. The summed E-state index contributed by atoms with van der Waals surface area (Å²) >= 11 is 11.3. The molecule has 1 aliphatic rings. The Bertz CT molecular complexity index is 1080. The highest BCUT2D eigenvalue weighted by Crippen LogP contribution is 2.27. The Hall–Kier alpha value is -2.45. The van der Waals surface area contributed by atoms with E-state index in [-0.39, 0.29) is 5.91 Å². The summed E-state index contributed by atoms with van der Waals surface area (Å²) in [5.41, 5.74) is 3.57. The number of fused-ring (bicyclic) bond motifs is 1. The second-order valence-electron chi connectivity index (χ2n) is 7.09. The molecule has 0 saturated carbocycles. The number of aromatic amines is 1. The molecule has 152 valence electrons. The fraction of sp³-hybridized carbons (Fsp3) is 0.400. The fourth-order valence-corrected chi connectivity index (χ4v) is 4.21. The van der Waals surface area contributed by atoms with Crippen molar-refractivity contribution in [2.45, 2.75) is 52.1 Å². The quantitative estimate of drug-likeness (QED) is 0.473. The Labute approximate surface area is 179 Å². The first-order valence-electron chi connectivity index (χ1n) is 9.87. The van der Waals surface area contributed by atoms with E-state index in [0.29, 0.717) is 34.4 Å². The van der Waals surface area contributed by atoms with Crippen molar-refractivity contribution in [3.8, 4) is 5.69 Å². The molecular weight excluding hydrogens is 408 g/mol. The van der Waals surface area contributed by atoms with Gasteiger partial charge in [0, 0.05) is 22.8 Å². The summed E-state index contributed by atoms with van der Waals surface area (Å²) in [5.74, 6) is 0.515. The third-order valence-corrected chi connectivity index (χ3v) is 5.84. The Morgan fingerprint density at radius 1 is 1.24 bits per heavy atom. The number of hydrogen-bond donors (Lipinski definition) is 2. The molecule has 0 bridgehead atoms. The minimum absolute atomic E-state index is 0.188. The molecule has 2 heterocycles. The molecule has 0 unspecified atom stereocenters. The molecule has 0 radical (unpaired) electrons. The molecule has 0 spiro atoms. The topological polar surface area (TPSA) is 80.5 Å². The van der Waals surface area contributed by atoms with E-state index in [9.17, 15) is 4.79 Å². The van der Waals surface area contributed by atoms with Gasteiger partial charge in [0.25, 0.3) is 5.91 Å². The summed E-state index contributed by atoms with van der Waals surface area (Å²) in [6.07, 6.45) is 5.08. The van der Waals surface area contributed by atoms with Gasteiger partial charge in [-0.3, -0.25) is 9.89 Å².